The van der Waals surface area contributed by atoms with Crippen molar-refractivity contribution in [3.05, 3.63) is 53.9 Å². The van der Waals surface area contributed by atoms with E-state index in [0.717, 1.165) is 10.8 Å². The Morgan fingerprint density at radius 1 is 0.875 bits per heavy atom. The van der Waals surface area contributed by atoms with Gasteiger partial charge in [-0.2, -0.15) is 0 Å². The molecule has 2 aromatic carbocycles. The summed E-state index contributed by atoms with van der Waals surface area (Å²) >= 11 is 1.69. The van der Waals surface area contributed by atoms with Gasteiger partial charge < -0.3 is 0 Å². The number of fused-ring (bicyclic) bond motifs is 1. The van der Waals surface area contributed by atoms with Crippen molar-refractivity contribution in [2.45, 2.75) is 0 Å². The van der Waals surface area contributed by atoms with E-state index in [1.54, 1.807) is 11.3 Å². The van der Waals surface area contributed by atoms with Gasteiger partial charge >= 0.3 is 0 Å². The molecule has 0 bridgehead atoms. The first-order chi connectivity index (χ1) is 7.84. The normalized spacial score (nSPS) is 10.8. The average molecular weight is 220 g/mol. The maximum Gasteiger partial charge on any atom is 0.115 e. The van der Waals surface area contributed by atoms with Crippen molar-refractivity contribution < 1.29 is 0 Å². The second-order valence-electron chi connectivity index (χ2n) is 3.77. The summed E-state index contributed by atoms with van der Waals surface area (Å²) in [6, 6.07) is 16.8. The lowest BCUT2D eigenvalue weighted by Gasteiger charge is -2.02. The molecule has 0 saturated carbocycles. The van der Waals surface area contributed by atoms with E-state index in [-0.39, 0.29) is 0 Å². The zero-order valence-corrected chi connectivity index (χ0v) is 9.50. The topological polar surface area (TPSA) is 0 Å². The van der Waals surface area contributed by atoms with E-state index in [9.17, 15) is 0 Å². The second kappa shape index (κ2) is 3.80. The van der Waals surface area contributed by atoms with Crippen LogP contribution in [-0.4, -0.2) is 7.85 Å². The second-order valence-corrected chi connectivity index (χ2v) is 4.68. The van der Waals surface area contributed by atoms with Gasteiger partial charge in [0.15, 0.2) is 0 Å². The molecular formula is C14H9BS. The molecule has 0 amide bonds. The van der Waals surface area contributed by atoms with Crippen LogP contribution in [0.4, 0.5) is 0 Å². The fourth-order valence-electron chi connectivity index (χ4n) is 1.86. The molecule has 74 valence electrons. The summed E-state index contributed by atoms with van der Waals surface area (Å²) in [7, 11) is 5.93. The van der Waals surface area contributed by atoms with Crippen molar-refractivity contribution in [3.8, 4) is 11.1 Å². The molecule has 0 nitrogen and oxygen atoms in total. The van der Waals surface area contributed by atoms with Gasteiger partial charge in [-0.1, -0.05) is 41.9 Å². The van der Waals surface area contributed by atoms with E-state index in [1.165, 1.54) is 15.8 Å². The minimum Gasteiger partial charge on any atom is -0.144 e. The molecule has 1 heterocycles. The molecular weight excluding hydrogens is 211 g/mol. The molecule has 3 rings (SSSR count). The molecule has 0 atom stereocenters. The number of hydrogen-bond acceptors (Lipinski definition) is 1. The highest BCUT2D eigenvalue weighted by Crippen LogP contribution is 2.25. The first-order valence-electron chi connectivity index (χ1n) is 5.17. The van der Waals surface area contributed by atoms with E-state index >= 15 is 0 Å². The minimum atomic E-state index is 0.873. The molecule has 0 aliphatic rings. The Bertz CT molecular complexity index is 626. The summed E-state index contributed by atoms with van der Waals surface area (Å²) < 4.78 is 1.25. The molecule has 2 heteroatoms. The zero-order chi connectivity index (χ0) is 11.0. The lowest BCUT2D eigenvalue weighted by molar-refractivity contribution is 1.66. The number of thiophene rings is 1. The first kappa shape index (κ1) is 9.67. The maximum atomic E-state index is 5.93. The number of benzene rings is 2. The summed E-state index contributed by atoms with van der Waals surface area (Å²) in [5.41, 5.74) is 3.32. The van der Waals surface area contributed by atoms with E-state index in [0.29, 0.717) is 0 Å². The Morgan fingerprint density at radius 3 is 2.50 bits per heavy atom. The van der Waals surface area contributed by atoms with Crippen molar-refractivity contribution in [2.75, 3.05) is 0 Å². The highest BCUT2D eigenvalue weighted by molar-refractivity contribution is 7.18. The van der Waals surface area contributed by atoms with Crippen molar-refractivity contribution >= 4 is 34.7 Å². The van der Waals surface area contributed by atoms with Gasteiger partial charge in [-0.25, -0.2) is 0 Å². The summed E-state index contributed by atoms with van der Waals surface area (Å²) in [4.78, 5) is 0. The molecule has 0 saturated heterocycles. The Balaban J connectivity index is 2.22. The summed E-state index contributed by atoms with van der Waals surface area (Å²) in [6.45, 7) is 0. The third-order valence-corrected chi connectivity index (χ3v) is 3.69. The van der Waals surface area contributed by atoms with Gasteiger partial charge in [-0.05, 0) is 34.0 Å². The van der Waals surface area contributed by atoms with Crippen LogP contribution in [0.5, 0.6) is 0 Å². The Labute approximate surface area is 100.0 Å². The maximum absolute atomic E-state index is 5.93. The standard InChI is InChI=1S/C14H9BS/c15-13-9-16-14-7-6-11(8-12(13)14)10-4-2-1-3-5-10/h1-9H. The molecule has 0 aliphatic carbocycles. The van der Waals surface area contributed by atoms with Crippen LogP contribution < -0.4 is 5.46 Å². The third-order valence-electron chi connectivity index (χ3n) is 2.71. The highest BCUT2D eigenvalue weighted by atomic mass is 32.1. The Morgan fingerprint density at radius 2 is 1.69 bits per heavy atom. The molecule has 0 unspecified atom stereocenters. The zero-order valence-electron chi connectivity index (χ0n) is 8.68. The van der Waals surface area contributed by atoms with Crippen LogP contribution in [0.25, 0.3) is 21.2 Å². The predicted molar refractivity (Wildman–Crippen MR) is 72.6 cm³/mol. The van der Waals surface area contributed by atoms with Crippen molar-refractivity contribution in [1.29, 1.82) is 0 Å². The molecule has 2 radical (unpaired) electrons. The first-order valence-corrected chi connectivity index (χ1v) is 6.05. The van der Waals surface area contributed by atoms with Crippen LogP contribution in [0.2, 0.25) is 0 Å². The third kappa shape index (κ3) is 1.55. The smallest absolute Gasteiger partial charge is 0.115 e. The van der Waals surface area contributed by atoms with Gasteiger partial charge in [0, 0.05) is 4.70 Å². The van der Waals surface area contributed by atoms with Crippen LogP contribution in [-0.2, 0) is 0 Å². The molecule has 16 heavy (non-hydrogen) atoms. The predicted octanol–water partition coefficient (Wildman–Crippen LogP) is 3.36. The fourth-order valence-corrected chi connectivity index (χ4v) is 2.69. The van der Waals surface area contributed by atoms with Gasteiger partial charge in [-0.15, -0.1) is 11.3 Å². The lowest BCUT2D eigenvalue weighted by atomic mass is 9.94. The number of rotatable bonds is 1. The molecule has 3 aromatic rings. The quantitative estimate of drug-likeness (QED) is 0.551. The monoisotopic (exact) mass is 220 g/mol. The van der Waals surface area contributed by atoms with Gasteiger partial charge in [-0.3, -0.25) is 0 Å². The fraction of sp³-hybridized carbons (Fsp3) is 0. The van der Waals surface area contributed by atoms with Crippen molar-refractivity contribution in [3.63, 3.8) is 0 Å². The van der Waals surface area contributed by atoms with Gasteiger partial charge in [0.05, 0.1) is 0 Å². The SMILES string of the molecule is [B]c1csc2ccc(-c3ccccc3)cc12. The number of hydrogen-bond donors (Lipinski definition) is 0. The van der Waals surface area contributed by atoms with Crippen molar-refractivity contribution in [1.82, 2.24) is 0 Å². The summed E-state index contributed by atoms with van der Waals surface area (Å²) in [6.07, 6.45) is 0. The molecule has 0 N–H and O–H groups in total. The average Bonchev–Trinajstić information content (AvgIpc) is 2.72. The highest BCUT2D eigenvalue weighted by Gasteiger charge is 2.02. The lowest BCUT2D eigenvalue weighted by Crippen LogP contribution is -1.96. The van der Waals surface area contributed by atoms with Crippen molar-refractivity contribution in [2.24, 2.45) is 0 Å². The van der Waals surface area contributed by atoms with E-state index in [4.69, 9.17) is 7.85 Å². The Kier molecular flexibility index (Phi) is 2.30. The van der Waals surface area contributed by atoms with E-state index < -0.39 is 0 Å². The van der Waals surface area contributed by atoms with E-state index in [1.807, 2.05) is 11.4 Å². The summed E-state index contributed by atoms with van der Waals surface area (Å²) in [5, 5.41) is 3.16. The van der Waals surface area contributed by atoms with Crippen LogP contribution in [0.3, 0.4) is 0 Å². The molecule has 1 aromatic heterocycles. The minimum absolute atomic E-state index is 0.873. The van der Waals surface area contributed by atoms with Crippen LogP contribution >= 0.6 is 11.3 Å². The largest absolute Gasteiger partial charge is 0.144 e. The van der Waals surface area contributed by atoms with Crippen LogP contribution in [0, 0.1) is 0 Å². The van der Waals surface area contributed by atoms with Crippen LogP contribution in [0.15, 0.2) is 53.9 Å². The van der Waals surface area contributed by atoms with Gasteiger partial charge in [0.2, 0.25) is 0 Å². The summed E-state index contributed by atoms with van der Waals surface area (Å²) in [5.74, 6) is 0. The Hall–Kier alpha value is -1.54. The van der Waals surface area contributed by atoms with Gasteiger partial charge in [0.25, 0.3) is 0 Å². The molecule has 0 spiro atoms. The molecule has 0 fully saturated rings. The van der Waals surface area contributed by atoms with Gasteiger partial charge in [0.1, 0.15) is 7.85 Å². The van der Waals surface area contributed by atoms with E-state index in [2.05, 4.69) is 42.5 Å². The molecule has 0 aliphatic heterocycles. The van der Waals surface area contributed by atoms with Crippen LogP contribution in [0.1, 0.15) is 0 Å².